The zero-order valence-electron chi connectivity index (χ0n) is 30.8. The van der Waals surface area contributed by atoms with Crippen LogP contribution < -0.4 is 20.7 Å². The quantitative estimate of drug-likeness (QED) is 0.121. The number of hydrogen-bond acceptors (Lipinski definition) is 4. The Bertz CT molecular complexity index is 2910. The molecule has 0 aliphatic heterocycles. The van der Waals surface area contributed by atoms with Crippen LogP contribution in [0.25, 0.3) is 66.9 Å². The second kappa shape index (κ2) is 13.4. The highest BCUT2D eigenvalue weighted by molar-refractivity contribution is 7.19. The van der Waals surface area contributed by atoms with Gasteiger partial charge in [0, 0.05) is 45.6 Å². The molecule has 5 aromatic heterocycles. The molecular formula is C50H34N6Si. The Hall–Kier alpha value is -7.48. The summed E-state index contributed by atoms with van der Waals surface area (Å²) in [6.07, 6.45) is 3.66. The fraction of sp³-hybridized carbons (Fsp3) is 0. The summed E-state index contributed by atoms with van der Waals surface area (Å²) >= 11 is 0. The van der Waals surface area contributed by atoms with Crippen molar-refractivity contribution in [1.82, 2.24) is 29.1 Å². The van der Waals surface area contributed by atoms with E-state index in [1.54, 1.807) is 0 Å². The van der Waals surface area contributed by atoms with Crippen molar-refractivity contribution in [2.45, 2.75) is 0 Å². The lowest BCUT2D eigenvalue weighted by Crippen LogP contribution is -2.74. The number of rotatable bonds is 7. The van der Waals surface area contributed by atoms with Crippen LogP contribution in [0.1, 0.15) is 0 Å². The van der Waals surface area contributed by atoms with Gasteiger partial charge in [-0.15, -0.1) is 0 Å². The normalized spacial score (nSPS) is 11.9. The van der Waals surface area contributed by atoms with Gasteiger partial charge in [0.2, 0.25) is 0 Å². The van der Waals surface area contributed by atoms with Gasteiger partial charge in [-0.05, 0) is 57.1 Å². The Morgan fingerprint density at radius 2 is 0.789 bits per heavy atom. The van der Waals surface area contributed by atoms with Crippen LogP contribution in [-0.4, -0.2) is 37.1 Å². The molecule has 0 saturated carbocycles. The van der Waals surface area contributed by atoms with Crippen molar-refractivity contribution in [3.8, 4) is 23.0 Å². The maximum absolute atomic E-state index is 5.47. The van der Waals surface area contributed by atoms with Gasteiger partial charge in [-0.2, -0.15) is 0 Å². The van der Waals surface area contributed by atoms with Crippen LogP contribution in [0.4, 0.5) is 0 Å². The summed E-state index contributed by atoms with van der Waals surface area (Å²) < 4.78 is 4.34. The highest BCUT2D eigenvalue weighted by Gasteiger charge is 2.41. The standard InChI is InChI=1S/C50H34N6Si/c1-4-18-36(19-5-1)57(37-20-6-2-7-21-37,38-22-8-3-9-23-38)39-24-14-17-35(33-39)48-53-46(55-44-29-12-10-25-40(44)41-26-11-13-30-45(41)55)34-47(54-48)56-49-42(27-15-31-51-49)43-28-16-32-52-50(43)56/h1-34H. The summed E-state index contributed by atoms with van der Waals surface area (Å²) in [5, 5.41) is 9.54. The Labute approximate surface area is 330 Å². The molecule has 268 valence electrons. The zero-order chi connectivity index (χ0) is 37.8. The molecule has 57 heavy (non-hydrogen) atoms. The van der Waals surface area contributed by atoms with Crippen molar-refractivity contribution in [3.05, 3.63) is 207 Å². The zero-order valence-corrected chi connectivity index (χ0v) is 31.8. The van der Waals surface area contributed by atoms with E-state index in [0.717, 1.165) is 44.5 Å². The largest absolute Gasteiger partial charge is 0.294 e. The first kappa shape index (κ1) is 32.9. The number of fused-ring (bicyclic) bond motifs is 6. The van der Waals surface area contributed by atoms with Gasteiger partial charge in [-0.3, -0.25) is 9.13 Å². The first-order valence-electron chi connectivity index (χ1n) is 19.1. The minimum atomic E-state index is -2.83. The van der Waals surface area contributed by atoms with Crippen LogP contribution in [0.2, 0.25) is 0 Å². The first-order chi connectivity index (χ1) is 28.3. The summed E-state index contributed by atoms with van der Waals surface area (Å²) in [6, 6.07) is 69.2. The third kappa shape index (κ3) is 5.17. The van der Waals surface area contributed by atoms with Gasteiger partial charge < -0.3 is 0 Å². The van der Waals surface area contributed by atoms with Gasteiger partial charge >= 0.3 is 0 Å². The fourth-order valence-electron chi connectivity index (χ4n) is 8.79. The van der Waals surface area contributed by atoms with Crippen LogP contribution in [0.3, 0.4) is 0 Å². The lowest BCUT2D eigenvalue weighted by Gasteiger charge is -2.34. The number of hydrogen-bond donors (Lipinski definition) is 0. The highest BCUT2D eigenvalue weighted by atomic mass is 28.3. The molecule has 7 heteroatoms. The molecule has 0 aliphatic carbocycles. The van der Waals surface area contributed by atoms with Crippen molar-refractivity contribution in [3.63, 3.8) is 0 Å². The predicted molar refractivity (Wildman–Crippen MR) is 235 cm³/mol. The summed E-state index contributed by atoms with van der Waals surface area (Å²) in [5.41, 5.74) is 4.66. The Kier molecular flexibility index (Phi) is 7.72. The smallest absolute Gasteiger partial charge is 0.179 e. The molecule has 0 unspecified atom stereocenters. The highest BCUT2D eigenvalue weighted by Crippen LogP contribution is 2.34. The molecule has 0 saturated heterocycles. The molecule has 0 atom stereocenters. The van der Waals surface area contributed by atoms with Crippen molar-refractivity contribution in [1.29, 1.82) is 0 Å². The lowest BCUT2D eigenvalue weighted by atomic mass is 10.2. The third-order valence-corrected chi connectivity index (χ3v) is 16.0. The van der Waals surface area contributed by atoms with E-state index < -0.39 is 8.07 Å². The van der Waals surface area contributed by atoms with E-state index in [-0.39, 0.29) is 0 Å². The van der Waals surface area contributed by atoms with Crippen molar-refractivity contribution >= 4 is 72.7 Å². The van der Waals surface area contributed by atoms with E-state index in [9.17, 15) is 0 Å². The van der Waals surface area contributed by atoms with Crippen molar-refractivity contribution in [2.24, 2.45) is 0 Å². The van der Waals surface area contributed by atoms with Gasteiger partial charge in [0.05, 0.1) is 11.0 Å². The van der Waals surface area contributed by atoms with E-state index >= 15 is 0 Å². The second-order valence-corrected chi connectivity index (χ2v) is 18.1. The van der Waals surface area contributed by atoms with Crippen molar-refractivity contribution in [2.75, 3.05) is 0 Å². The van der Waals surface area contributed by atoms with E-state index in [1.165, 1.54) is 31.5 Å². The number of nitrogens with zero attached hydrogens (tertiary/aromatic N) is 6. The van der Waals surface area contributed by atoms with Gasteiger partial charge in [0.25, 0.3) is 0 Å². The molecule has 0 N–H and O–H groups in total. The summed E-state index contributed by atoms with van der Waals surface area (Å²) in [5.74, 6) is 2.07. The Morgan fingerprint density at radius 3 is 1.32 bits per heavy atom. The van der Waals surface area contributed by atoms with Crippen LogP contribution >= 0.6 is 0 Å². The van der Waals surface area contributed by atoms with Gasteiger partial charge in [-0.25, -0.2) is 19.9 Å². The minimum Gasteiger partial charge on any atom is -0.294 e. The molecule has 6 nitrogen and oxygen atoms in total. The van der Waals surface area contributed by atoms with Crippen LogP contribution in [-0.2, 0) is 0 Å². The molecule has 5 heterocycles. The molecular weight excluding hydrogens is 713 g/mol. The molecule has 6 aromatic carbocycles. The van der Waals surface area contributed by atoms with Crippen molar-refractivity contribution < 1.29 is 0 Å². The number of para-hydroxylation sites is 2. The molecule has 0 spiro atoms. The summed E-state index contributed by atoms with van der Waals surface area (Å²) in [4.78, 5) is 20.7. The first-order valence-corrected chi connectivity index (χ1v) is 21.1. The second-order valence-electron chi connectivity index (χ2n) is 14.3. The van der Waals surface area contributed by atoms with Gasteiger partial charge in [0.1, 0.15) is 22.9 Å². The summed E-state index contributed by atoms with van der Waals surface area (Å²) in [6.45, 7) is 0. The number of benzene rings is 6. The average Bonchev–Trinajstić information content (AvgIpc) is 3.81. The number of aromatic nitrogens is 6. The Balaban J connectivity index is 1.22. The molecule has 11 rings (SSSR count). The van der Waals surface area contributed by atoms with Crippen LogP contribution in [0.15, 0.2) is 207 Å². The van der Waals surface area contributed by atoms with E-state index in [4.69, 9.17) is 19.9 Å². The molecule has 0 bridgehead atoms. The third-order valence-electron chi connectivity index (χ3n) is 11.2. The van der Waals surface area contributed by atoms with E-state index in [2.05, 4.69) is 191 Å². The molecule has 0 aliphatic rings. The van der Waals surface area contributed by atoms with Crippen LogP contribution in [0, 0.1) is 0 Å². The average molecular weight is 747 g/mol. The maximum atomic E-state index is 5.47. The minimum absolute atomic E-state index is 0.616. The molecule has 0 fully saturated rings. The number of pyridine rings is 2. The Morgan fingerprint density at radius 1 is 0.351 bits per heavy atom. The monoisotopic (exact) mass is 746 g/mol. The fourth-order valence-corrected chi connectivity index (χ4v) is 13.6. The van der Waals surface area contributed by atoms with Crippen LogP contribution in [0.5, 0.6) is 0 Å². The maximum Gasteiger partial charge on any atom is 0.179 e. The SMILES string of the molecule is c1ccc([Si](c2ccccc2)(c2ccccc2)c2cccc(-c3nc(-n4c5ccccc5c5ccccc54)cc(-n4c5ncccc5c5cccnc54)n3)c2)cc1. The lowest BCUT2D eigenvalue weighted by molar-refractivity contribution is 0.978. The molecule has 11 aromatic rings. The topological polar surface area (TPSA) is 61.4 Å². The van der Waals surface area contributed by atoms with E-state index in [1.807, 2.05) is 24.5 Å². The van der Waals surface area contributed by atoms with Gasteiger partial charge in [-0.1, -0.05) is 152 Å². The molecule has 0 radical (unpaired) electrons. The summed E-state index contributed by atoms with van der Waals surface area (Å²) in [7, 11) is -2.83. The van der Waals surface area contributed by atoms with E-state index in [0.29, 0.717) is 11.6 Å². The van der Waals surface area contributed by atoms with Gasteiger partial charge in [0.15, 0.2) is 13.9 Å². The predicted octanol–water partition coefficient (Wildman–Crippen LogP) is 8.51. The molecule has 0 amide bonds.